The fourth-order valence-electron chi connectivity index (χ4n) is 2.87. The molecular formula is C18H22B4O8. The van der Waals surface area contributed by atoms with Crippen molar-refractivity contribution in [1.82, 2.24) is 0 Å². The van der Waals surface area contributed by atoms with Gasteiger partial charge in [-0.05, 0) is 28.5 Å². The summed E-state index contributed by atoms with van der Waals surface area (Å²) in [5, 5.41) is 70.5. The molecule has 2 aromatic carbocycles. The van der Waals surface area contributed by atoms with E-state index in [2.05, 4.69) is 0 Å². The lowest BCUT2D eigenvalue weighted by Gasteiger charge is -2.30. The van der Waals surface area contributed by atoms with Gasteiger partial charge in [0.25, 0.3) is 0 Å². The summed E-state index contributed by atoms with van der Waals surface area (Å²) in [6, 6.07) is 15.3. The number of rotatable bonds is 5. The Morgan fingerprint density at radius 2 is 1.10 bits per heavy atom. The maximum Gasteiger partial charge on any atom is 0.488 e. The van der Waals surface area contributed by atoms with Crippen molar-refractivity contribution in [2.24, 2.45) is 0 Å². The first kappa shape index (κ1) is 24.1. The largest absolute Gasteiger partial charge is 0.488 e. The van der Waals surface area contributed by atoms with Crippen molar-refractivity contribution in [2.75, 3.05) is 0 Å². The summed E-state index contributed by atoms with van der Waals surface area (Å²) in [4.78, 5) is 0. The molecule has 8 nitrogen and oxygen atoms in total. The van der Waals surface area contributed by atoms with E-state index in [0.29, 0.717) is 10.9 Å². The molecule has 0 aromatic heterocycles. The zero-order valence-corrected chi connectivity index (χ0v) is 16.0. The lowest BCUT2D eigenvalue weighted by Crippen LogP contribution is -2.44. The molecule has 1 aliphatic carbocycles. The van der Waals surface area contributed by atoms with Crippen molar-refractivity contribution in [3.05, 3.63) is 78.4 Å². The molecule has 0 radical (unpaired) electrons. The Morgan fingerprint density at radius 3 is 1.43 bits per heavy atom. The summed E-state index contributed by atoms with van der Waals surface area (Å²) in [6.07, 6.45) is 5.06. The second kappa shape index (κ2) is 10.8. The first-order chi connectivity index (χ1) is 14.2. The molecular weight excluding hydrogens is 387 g/mol. The van der Waals surface area contributed by atoms with E-state index >= 15 is 0 Å². The molecule has 0 spiro atoms. The van der Waals surface area contributed by atoms with Gasteiger partial charge in [-0.15, -0.1) is 0 Å². The predicted molar refractivity (Wildman–Crippen MR) is 117 cm³/mol. The topological polar surface area (TPSA) is 162 Å². The molecule has 8 N–H and O–H groups in total. The minimum atomic E-state index is -1.82. The molecule has 0 atom stereocenters. The van der Waals surface area contributed by atoms with E-state index in [1.165, 1.54) is 30.3 Å². The second-order valence-corrected chi connectivity index (χ2v) is 6.84. The van der Waals surface area contributed by atoms with Gasteiger partial charge in [-0.2, -0.15) is 0 Å². The van der Waals surface area contributed by atoms with Gasteiger partial charge in [0.15, 0.2) is 0 Å². The van der Waals surface area contributed by atoms with Gasteiger partial charge in [0.05, 0.1) is 5.21 Å². The molecule has 0 heterocycles. The van der Waals surface area contributed by atoms with Crippen LogP contribution in [0.3, 0.4) is 0 Å². The van der Waals surface area contributed by atoms with Crippen LogP contribution in [0.2, 0.25) is 5.21 Å². The van der Waals surface area contributed by atoms with Crippen molar-refractivity contribution < 1.29 is 40.2 Å². The molecule has 0 saturated heterocycles. The van der Waals surface area contributed by atoms with Crippen LogP contribution in [0.5, 0.6) is 0 Å². The number of benzene rings is 2. The van der Waals surface area contributed by atoms with Crippen LogP contribution < -0.4 is 10.9 Å². The Hall–Kier alpha value is -2.14. The summed E-state index contributed by atoms with van der Waals surface area (Å²) in [5.41, 5.74) is 2.56. The van der Waals surface area contributed by atoms with Crippen molar-refractivity contribution in [2.45, 2.75) is 11.6 Å². The van der Waals surface area contributed by atoms with Crippen LogP contribution >= 0.6 is 0 Å². The van der Waals surface area contributed by atoms with Crippen molar-refractivity contribution in [3.63, 3.8) is 0 Å². The first-order valence-electron chi connectivity index (χ1n) is 9.16. The van der Waals surface area contributed by atoms with Crippen molar-refractivity contribution in [1.29, 1.82) is 0 Å². The highest BCUT2D eigenvalue weighted by molar-refractivity contribution is 6.69. The third-order valence-electron chi connectivity index (χ3n) is 4.85. The van der Waals surface area contributed by atoms with Crippen molar-refractivity contribution in [3.8, 4) is 0 Å². The summed E-state index contributed by atoms with van der Waals surface area (Å²) in [7, 11) is -6.67. The van der Waals surface area contributed by atoms with Gasteiger partial charge in [-0.1, -0.05) is 72.8 Å². The van der Waals surface area contributed by atoms with E-state index in [4.69, 9.17) is 20.1 Å². The van der Waals surface area contributed by atoms with E-state index in [1.54, 1.807) is 12.2 Å². The Kier molecular flexibility index (Phi) is 8.65. The molecule has 12 heteroatoms. The summed E-state index contributed by atoms with van der Waals surface area (Å²) in [5.74, 6) is 0. The van der Waals surface area contributed by atoms with Gasteiger partial charge < -0.3 is 40.2 Å². The van der Waals surface area contributed by atoms with E-state index < -0.39 is 33.7 Å². The molecule has 0 aliphatic heterocycles. The molecule has 2 aromatic rings. The van der Waals surface area contributed by atoms with Crippen LogP contribution in [-0.4, -0.2) is 68.7 Å². The quantitative estimate of drug-likeness (QED) is 0.247. The van der Waals surface area contributed by atoms with Gasteiger partial charge in [0, 0.05) is 0 Å². The molecule has 30 heavy (non-hydrogen) atoms. The number of hydrogen-bond acceptors (Lipinski definition) is 8. The molecule has 1 aliphatic rings. The van der Waals surface area contributed by atoms with Crippen LogP contribution in [0.1, 0.15) is 12.0 Å². The standard InChI is InChI=1S/C12H14B2O4.C6H8B2O4/c15-13(16)12(14(17)18)8-6-11(7-9-12)10-4-2-1-3-5-10;9-7(10)5-1-2-6(4-3-5)8(11)12/h1-8,15-18H,9H2;1-4,9-12H. The van der Waals surface area contributed by atoms with Gasteiger partial charge >= 0.3 is 28.5 Å². The van der Waals surface area contributed by atoms with Crippen LogP contribution in [-0.2, 0) is 0 Å². The zero-order chi connectivity index (χ0) is 22.3. The fraction of sp³-hybridized carbons (Fsp3) is 0.111. The van der Waals surface area contributed by atoms with E-state index in [9.17, 15) is 20.1 Å². The highest BCUT2D eigenvalue weighted by atomic mass is 16.4. The molecule has 0 fully saturated rings. The van der Waals surface area contributed by atoms with E-state index in [-0.39, 0.29) is 6.42 Å². The second-order valence-electron chi connectivity index (χ2n) is 6.84. The normalized spacial score (nSPS) is 14.2. The van der Waals surface area contributed by atoms with Gasteiger partial charge in [0.2, 0.25) is 0 Å². The van der Waals surface area contributed by atoms with Crippen LogP contribution in [0, 0.1) is 0 Å². The molecule has 0 amide bonds. The average molecular weight is 410 g/mol. The summed E-state index contributed by atoms with van der Waals surface area (Å²) >= 11 is 0. The highest BCUT2D eigenvalue weighted by Crippen LogP contribution is 2.41. The molecule has 0 unspecified atom stereocenters. The number of hydrogen-bond donors (Lipinski definition) is 8. The molecule has 3 rings (SSSR count). The van der Waals surface area contributed by atoms with E-state index in [0.717, 1.165) is 11.1 Å². The van der Waals surface area contributed by atoms with Crippen molar-refractivity contribution >= 4 is 45.0 Å². The molecule has 154 valence electrons. The average Bonchev–Trinajstić information content (AvgIpc) is 2.74. The van der Waals surface area contributed by atoms with Gasteiger partial charge in [-0.25, -0.2) is 0 Å². The van der Waals surface area contributed by atoms with Gasteiger partial charge in [0.1, 0.15) is 0 Å². The Bertz CT molecular complexity index is 819. The maximum absolute atomic E-state index is 9.31. The smallest absolute Gasteiger partial charge is 0.427 e. The molecule has 0 saturated carbocycles. The Labute approximate surface area is 175 Å². The fourth-order valence-corrected chi connectivity index (χ4v) is 2.87. The highest BCUT2D eigenvalue weighted by Gasteiger charge is 2.49. The Morgan fingerprint density at radius 1 is 0.633 bits per heavy atom. The van der Waals surface area contributed by atoms with Crippen LogP contribution in [0.4, 0.5) is 0 Å². The maximum atomic E-state index is 9.31. The first-order valence-corrected chi connectivity index (χ1v) is 9.16. The van der Waals surface area contributed by atoms with Crippen LogP contribution in [0.25, 0.3) is 5.57 Å². The third-order valence-corrected chi connectivity index (χ3v) is 4.85. The SMILES string of the molecule is OB(O)C1(B(O)O)C=CC(c2ccccc2)=CC1.OB(O)c1ccc(B(O)O)cc1. The third kappa shape index (κ3) is 5.94. The summed E-state index contributed by atoms with van der Waals surface area (Å²) in [6.45, 7) is 0. The lowest BCUT2D eigenvalue weighted by molar-refractivity contribution is 0.335. The van der Waals surface area contributed by atoms with Crippen LogP contribution in [0.15, 0.2) is 72.8 Å². The molecule has 0 bridgehead atoms. The minimum absolute atomic E-state index is 0.156. The van der Waals surface area contributed by atoms with E-state index in [1.807, 2.05) is 30.3 Å². The minimum Gasteiger partial charge on any atom is -0.427 e. The predicted octanol–water partition coefficient (Wildman–Crippen LogP) is -2.70. The lowest BCUT2D eigenvalue weighted by atomic mass is 9.37. The zero-order valence-electron chi connectivity index (χ0n) is 16.0. The summed E-state index contributed by atoms with van der Waals surface area (Å²) < 4.78 is 0. The van der Waals surface area contributed by atoms with Gasteiger partial charge in [-0.3, -0.25) is 0 Å². The Balaban J connectivity index is 0.000000232. The monoisotopic (exact) mass is 410 g/mol. The number of allylic oxidation sites excluding steroid dienone is 4.